The lowest BCUT2D eigenvalue weighted by atomic mass is 10.1. The minimum atomic E-state index is -3.49. The Morgan fingerprint density at radius 2 is 1.73 bits per heavy atom. The van der Waals surface area contributed by atoms with Crippen molar-refractivity contribution in [2.45, 2.75) is 43.9 Å². The van der Waals surface area contributed by atoms with E-state index in [9.17, 15) is 13.2 Å². The Labute approximate surface area is 176 Å². The van der Waals surface area contributed by atoms with Crippen LogP contribution < -0.4 is 5.32 Å². The van der Waals surface area contributed by atoms with Crippen LogP contribution in [0.15, 0.2) is 58.0 Å². The molecular weight excluding hydrogens is 400 g/mol. The Balaban J connectivity index is 1.44. The number of amides is 1. The zero-order valence-corrected chi connectivity index (χ0v) is 17.9. The molecule has 0 aliphatic carbocycles. The fourth-order valence-electron chi connectivity index (χ4n) is 3.85. The van der Waals surface area contributed by atoms with Gasteiger partial charge in [-0.2, -0.15) is 4.31 Å². The van der Waals surface area contributed by atoms with Crippen molar-refractivity contribution in [3.8, 4) is 0 Å². The Morgan fingerprint density at radius 1 is 1.03 bits per heavy atom. The molecule has 1 aliphatic rings. The van der Waals surface area contributed by atoms with E-state index < -0.39 is 10.0 Å². The molecule has 0 saturated carbocycles. The lowest BCUT2D eigenvalue weighted by molar-refractivity contribution is -0.115. The van der Waals surface area contributed by atoms with Gasteiger partial charge in [-0.1, -0.05) is 24.5 Å². The van der Waals surface area contributed by atoms with Crippen LogP contribution in [-0.4, -0.2) is 31.7 Å². The number of fused-ring (bicyclic) bond motifs is 1. The number of benzene rings is 2. The predicted octanol–water partition coefficient (Wildman–Crippen LogP) is 4.49. The van der Waals surface area contributed by atoms with Gasteiger partial charge in [0.15, 0.2) is 0 Å². The minimum Gasteiger partial charge on any atom is -0.464 e. The molecule has 1 aromatic heterocycles. The number of nitrogens with zero attached hydrogens (tertiary/aromatic N) is 1. The average Bonchev–Trinajstić information content (AvgIpc) is 2.93. The van der Waals surface area contributed by atoms with Crippen molar-refractivity contribution in [3.05, 3.63) is 59.9 Å². The standard InChI is InChI=1S/C23H26N2O4S/c1-17-6-11-22-21(14-17)18(16-29-22)15-23(26)24-19-7-9-20(10-8-19)30(27,28)25-12-4-2-3-5-13-25/h6-11,14,16H,2-5,12-13,15H2,1H3,(H,24,26). The van der Waals surface area contributed by atoms with Crippen LogP contribution in [0.1, 0.15) is 36.8 Å². The van der Waals surface area contributed by atoms with E-state index >= 15 is 0 Å². The quantitative estimate of drug-likeness (QED) is 0.652. The molecular formula is C23H26N2O4S. The Bertz CT molecular complexity index is 1140. The van der Waals surface area contributed by atoms with Crippen molar-refractivity contribution >= 4 is 32.6 Å². The van der Waals surface area contributed by atoms with Crippen molar-refractivity contribution in [3.63, 3.8) is 0 Å². The molecule has 0 unspecified atom stereocenters. The van der Waals surface area contributed by atoms with Gasteiger partial charge in [-0.05, 0) is 56.2 Å². The molecule has 1 fully saturated rings. The number of anilines is 1. The van der Waals surface area contributed by atoms with Gasteiger partial charge in [0.1, 0.15) is 5.58 Å². The predicted molar refractivity (Wildman–Crippen MR) is 117 cm³/mol. The first-order valence-corrected chi connectivity index (χ1v) is 11.7. The van der Waals surface area contributed by atoms with Crippen LogP contribution in [0.5, 0.6) is 0 Å². The largest absolute Gasteiger partial charge is 0.464 e. The SMILES string of the molecule is Cc1ccc2occ(CC(=O)Nc3ccc(S(=O)(=O)N4CCCCCC4)cc3)c2c1. The molecule has 7 heteroatoms. The maximum Gasteiger partial charge on any atom is 0.243 e. The minimum absolute atomic E-state index is 0.178. The molecule has 158 valence electrons. The molecule has 0 bridgehead atoms. The molecule has 2 aromatic carbocycles. The van der Waals surface area contributed by atoms with Gasteiger partial charge in [0, 0.05) is 29.7 Å². The van der Waals surface area contributed by atoms with Crippen LogP contribution in [0.2, 0.25) is 0 Å². The van der Waals surface area contributed by atoms with Gasteiger partial charge in [0.2, 0.25) is 15.9 Å². The van der Waals surface area contributed by atoms with E-state index in [0.717, 1.165) is 47.8 Å². The highest BCUT2D eigenvalue weighted by atomic mass is 32.2. The Kier molecular flexibility index (Phi) is 5.92. The topological polar surface area (TPSA) is 79.6 Å². The summed E-state index contributed by atoms with van der Waals surface area (Å²) in [6.45, 7) is 3.13. The number of nitrogens with one attached hydrogen (secondary N) is 1. The third kappa shape index (κ3) is 4.42. The fraction of sp³-hybridized carbons (Fsp3) is 0.348. The van der Waals surface area contributed by atoms with E-state index in [-0.39, 0.29) is 17.2 Å². The second-order valence-corrected chi connectivity index (χ2v) is 9.77. The van der Waals surface area contributed by atoms with E-state index in [0.29, 0.717) is 18.8 Å². The molecule has 1 N–H and O–H groups in total. The van der Waals surface area contributed by atoms with E-state index in [1.165, 1.54) is 0 Å². The number of hydrogen-bond acceptors (Lipinski definition) is 4. The molecule has 1 aliphatic heterocycles. The third-order valence-electron chi connectivity index (χ3n) is 5.50. The number of hydrogen-bond donors (Lipinski definition) is 1. The number of carbonyl (C=O) groups excluding carboxylic acids is 1. The average molecular weight is 427 g/mol. The van der Waals surface area contributed by atoms with Gasteiger partial charge in [0.25, 0.3) is 0 Å². The smallest absolute Gasteiger partial charge is 0.243 e. The van der Waals surface area contributed by atoms with Crippen molar-refractivity contribution in [1.29, 1.82) is 0 Å². The second-order valence-electron chi connectivity index (χ2n) is 7.83. The summed E-state index contributed by atoms with van der Waals surface area (Å²) in [5.41, 5.74) is 3.25. The van der Waals surface area contributed by atoms with Crippen LogP contribution in [0.3, 0.4) is 0 Å². The van der Waals surface area contributed by atoms with Crippen LogP contribution in [0, 0.1) is 6.92 Å². The summed E-state index contributed by atoms with van der Waals surface area (Å²) in [7, 11) is -3.49. The number of aryl methyl sites for hydroxylation is 1. The maximum absolute atomic E-state index is 12.9. The fourth-order valence-corrected chi connectivity index (χ4v) is 5.37. The van der Waals surface area contributed by atoms with Crippen LogP contribution in [0.25, 0.3) is 11.0 Å². The van der Waals surface area contributed by atoms with E-state index in [1.807, 2.05) is 25.1 Å². The van der Waals surface area contributed by atoms with Gasteiger partial charge in [-0.15, -0.1) is 0 Å². The first kappa shape index (κ1) is 20.6. The highest BCUT2D eigenvalue weighted by Crippen LogP contribution is 2.24. The highest BCUT2D eigenvalue weighted by molar-refractivity contribution is 7.89. The third-order valence-corrected chi connectivity index (χ3v) is 7.41. The molecule has 4 rings (SSSR count). The summed E-state index contributed by atoms with van der Waals surface area (Å²) in [6.07, 6.45) is 5.74. The van der Waals surface area contributed by atoms with Gasteiger partial charge in [-0.3, -0.25) is 4.79 Å². The van der Waals surface area contributed by atoms with E-state index in [4.69, 9.17) is 4.42 Å². The molecule has 2 heterocycles. The molecule has 0 spiro atoms. The summed E-state index contributed by atoms with van der Waals surface area (Å²) in [6, 6.07) is 12.3. The summed E-state index contributed by atoms with van der Waals surface area (Å²) in [5.74, 6) is -0.178. The maximum atomic E-state index is 12.9. The lowest BCUT2D eigenvalue weighted by Crippen LogP contribution is -2.31. The second kappa shape index (κ2) is 8.62. The number of furan rings is 1. The monoisotopic (exact) mass is 426 g/mol. The van der Waals surface area contributed by atoms with Gasteiger partial charge in [0.05, 0.1) is 17.6 Å². The summed E-state index contributed by atoms with van der Waals surface area (Å²) < 4.78 is 32.8. The zero-order valence-electron chi connectivity index (χ0n) is 17.1. The van der Waals surface area contributed by atoms with E-state index in [2.05, 4.69) is 5.32 Å². The Hall–Kier alpha value is -2.64. The molecule has 1 amide bonds. The van der Waals surface area contributed by atoms with Gasteiger partial charge < -0.3 is 9.73 Å². The molecule has 3 aromatic rings. The number of carbonyl (C=O) groups is 1. The highest BCUT2D eigenvalue weighted by Gasteiger charge is 2.25. The summed E-state index contributed by atoms with van der Waals surface area (Å²) in [4.78, 5) is 12.8. The molecule has 0 atom stereocenters. The van der Waals surface area contributed by atoms with E-state index in [1.54, 1.807) is 34.8 Å². The van der Waals surface area contributed by atoms with Gasteiger partial charge >= 0.3 is 0 Å². The first-order valence-electron chi connectivity index (χ1n) is 10.3. The van der Waals surface area contributed by atoms with Crippen LogP contribution >= 0.6 is 0 Å². The van der Waals surface area contributed by atoms with Crippen LogP contribution in [0.4, 0.5) is 5.69 Å². The van der Waals surface area contributed by atoms with Gasteiger partial charge in [-0.25, -0.2) is 8.42 Å². The molecule has 1 saturated heterocycles. The normalized spacial score (nSPS) is 15.8. The summed E-state index contributed by atoms with van der Waals surface area (Å²) >= 11 is 0. The van der Waals surface area contributed by atoms with Crippen molar-refractivity contribution in [2.24, 2.45) is 0 Å². The lowest BCUT2D eigenvalue weighted by Gasteiger charge is -2.20. The molecule has 6 nitrogen and oxygen atoms in total. The van der Waals surface area contributed by atoms with Crippen molar-refractivity contribution < 1.29 is 17.6 Å². The zero-order chi connectivity index (χ0) is 21.1. The number of rotatable bonds is 5. The number of sulfonamides is 1. The van der Waals surface area contributed by atoms with Crippen LogP contribution in [-0.2, 0) is 21.2 Å². The Morgan fingerprint density at radius 3 is 2.43 bits per heavy atom. The summed E-state index contributed by atoms with van der Waals surface area (Å²) in [5, 5.41) is 3.77. The first-order chi connectivity index (χ1) is 14.4. The molecule has 0 radical (unpaired) electrons. The van der Waals surface area contributed by atoms with Crippen molar-refractivity contribution in [2.75, 3.05) is 18.4 Å². The van der Waals surface area contributed by atoms with Crippen molar-refractivity contribution in [1.82, 2.24) is 4.31 Å². The molecule has 30 heavy (non-hydrogen) atoms.